The molecule has 0 aliphatic carbocycles. The van der Waals surface area contributed by atoms with Crippen LogP contribution in [0.1, 0.15) is 41.0 Å². The third kappa shape index (κ3) is 2.23. The van der Waals surface area contributed by atoms with E-state index in [1.54, 1.807) is 0 Å². The van der Waals surface area contributed by atoms with E-state index in [1.807, 2.05) is 0 Å². The summed E-state index contributed by atoms with van der Waals surface area (Å²) in [6, 6.07) is 0.502. The maximum atomic E-state index is 6.07. The van der Waals surface area contributed by atoms with Crippen LogP contribution in [-0.2, 0) is 4.74 Å². The molecule has 0 amide bonds. The van der Waals surface area contributed by atoms with Gasteiger partial charge >= 0.3 is 0 Å². The summed E-state index contributed by atoms with van der Waals surface area (Å²) < 4.78 is 6.07. The van der Waals surface area contributed by atoms with Crippen molar-refractivity contribution in [3.63, 3.8) is 0 Å². The Bertz CT molecular complexity index is 323. The molecule has 0 spiro atoms. The van der Waals surface area contributed by atoms with Gasteiger partial charge in [-0.1, -0.05) is 13.8 Å². The van der Waals surface area contributed by atoms with Crippen LogP contribution in [0.5, 0.6) is 0 Å². The van der Waals surface area contributed by atoms with E-state index in [4.69, 9.17) is 4.74 Å². The summed E-state index contributed by atoms with van der Waals surface area (Å²) in [5.41, 5.74) is 4.01. The van der Waals surface area contributed by atoms with E-state index >= 15 is 0 Å². The van der Waals surface area contributed by atoms with Gasteiger partial charge in [0.05, 0.1) is 12.7 Å². The zero-order valence-electron chi connectivity index (χ0n) is 13.4. The third-order valence-electron chi connectivity index (χ3n) is 5.58. The topological polar surface area (TPSA) is 36.5 Å². The van der Waals surface area contributed by atoms with Gasteiger partial charge in [-0.25, -0.2) is 5.01 Å². The van der Waals surface area contributed by atoms with Crippen molar-refractivity contribution in [2.45, 2.75) is 58.7 Å². The maximum absolute atomic E-state index is 6.07. The molecule has 0 aromatic rings. The Morgan fingerprint density at radius 2 is 2.11 bits per heavy atom. The van der Waals surface area contributed by atoms with Crippen LogP contribution in [0.25, 0.3) is 0 Å². The van der Waals surface area contributed by atoms with Crippen molar-refractivity contribution in [3.05, 3.63) is 0 Å². The molecule has 0 saturated carbocycles. The highest BCUT2D eigenvalue weighted by atomic mass is 16.5. The van der Waals surface area contributed by atoms with Crippen molar-refractivity contribution in [1.29, 1.82) is 0 Å². The van der Waals surface area contributed by atoms with Gasteiger partial charge in [0.2, 0.25) is 0 Å². The minimum absolute atomic E-state index is 0.133. The molecule has 2 saturated heterocycles. The van der Waals surface area contributed by atoms with E-state index in [0.29, 0.717) is 18.1 Å². The lowest BCUT2D eigenvalue weighted by molar-refractivity contribution is -0.0615. The molecule has 19 heavy (non-hydrogen) atoms. The Labute approximate surface area is 118 Å². The molecule has 4 heteroatoms. The number of rotatable bonds is 4. The summed E-state index contributed by atoms with van der Waals surface area (Å²) in [4.78, 5) is 0. The van der Waals surface area contributed by atoms with Crippen LogP contribution in [0.15, 0.2) is 0 Å². The number of piperidine rings is 1. The zero-order valence-corrected chi connectivity index (χ0v) is 13.4. The van der Waals surface area contributed by atoms with Gasteiger partial charge in [-0.3, -0.25) is 5.43 Å². The van der Waals surface area contributed by atoms with Crippen LogP contribution < -0.4 is 10.7 Å². The second kappa shape index (κ2) is 5.32. The summed E-state index contributed by atoms with van der Waals surface area (Å²) in [5, 5.41) is 5.97. The fourth-order valence-corrected chi connectivity index (χ4v) is 3.96. The second-order valence-corrected chi connectivity index (χ2v) is 6.92. The molecule has 2 rings (SSSR count). The van der Waals surface area contributed by atoms with Crippen molar-refractivity contribution < 1.29 is 4.74 Å². The quantitative estimate of drug-likeness (QED) is 0.813. The number of fused-ring (bicyclic) bond motifs is 1. The third-order valence-corrected chi connectivity index (χ3v) is 5.58. The lowest BCUT2D eigenvalue weighted by Crippen LogP contribution is -2.64. The number of nitrogens with one attached hydrogen (secondary N) is 2. The summed E-state index contributed by atoms with van der Waals surface area (Å²) in [6.45, 7) is 14.2. The molecule has 0 radical (unpaired) electrons. The monoisotopic (exact) mass is 269 g/mol. The number of hydrazine groups is 1. The van der Waals surface area contributed by atoms with Crippen molar-refractivity contribution in [3.8, 4) is 0 Å². The van der Waals surface area contributed by atoms with Crippen molar-refractivity contribution in [2.24, 2.45) is 11.3 Å². The maximum Gasteiger partial charge on any atom is 0.0572 e. The van der Waals surface area contributed by atoms with Crippen LogP contribution in [0.4, 0.5) is 0 Å². The fraction of sp³-hybridized carbons (Fsp3) is 1.00. The van der Waals surface area contributed by atoms with E-state index in [2.05, 4.69) is 57.4 Å². The minimum Gasteiger partial charge on any atom is -0.378 e. The normalized spacial score (nSPS) is 43.7. The van der Waals surface area contributed by atoms with Gasteiger partial charge in [0.15, 0.2) is 0 Å². The zero-order chi connectivity index (χ0) is 14.3. The number of ether oxygens (including phenoxy) is 1. The van der Waals surface area contributed by atoms with Gasteiger partial charge in [0, 0.05) is 30.6 Å². The highest BCUT2D eigenvalue weighted by molar-refractivity contribution is 5.15. The first-order valence-corrected chi connectivity index (χ1v) is 7.69. The predicted molar refractivity (Wildman–Crippen MR) is 78.9 cm³/mol. The Hall–Kier alpha value is -0.160. The standard InChI is InChI=1S/C15H31N3O/c1-7-14(5)15(10-19-11(2)3)9-16-8-12(4)13(15)17-18(14)6/h11-13,16-17H,7-10H2,1-6H3/t12-,13+,14+,15+/m0/s1. The summed E-state index contributed by atoms with van der Waals surface area (Å²) >= 11 is 0. The highest BCUT2D eigenvalue weighted by Gasteiger charge is 2.62. The SMILES string of the molecule is CC[C@@]1(C)N(C)N[C@@H]2[C@@H](C)CNC[C@@]21COC(C)C. The smallest absolute Gasteiger partial charge is 0.0572 e. The lowest BCUT2D eigenvalue weighted by Gasteiger charge is -2.50. The molecule has 112 valence electrons. The van der Waals surface area contributed by atoms with Gasteiger partial charge < -0.3 is 10.1 Å². The summed E-state index contributed by atoms with van der Waals surface area (Å²) in [6.07, 6.45) is 1.42. The van der Waals surface area contributed by atoms with Crippen LogP contribution in [0.3, 0.4) is 0 Å². The first kappa shape index (κ1) is 15.2. The Kier molecular flexibility index (Phi) is 4.26. The van der Waals surface area contributed by atoms with Gasteiger partial charge in [-0.15, -0.1) is 0 Å². The lowest BCUT2D eigenvalue weighted by atomic mass is 9.62. The molecule has 0 unspecified atom stereocenters. The average Bonchev–Trinajstić information content (AvgIpc) is 2.60. The molecule has 0 aromatic carbocycles. The van der Waals surface area contributed by atoms with E-state index in [-0.39, 0.29) is 11.0 Å². The van der Waals surface area contributed by atoms with Crippen molar-refractivity contribution in [2.75, 3.05) is 26.7 Å². The Morgan fingerprint density at radius 1 is 1.42 bits per heavy atom. The molecular formula is C15H31N3O. The second-order valence-electron chi connectivity index (χ2n) is 6.92. The van der Waals surface area contributed by atoms with Gasteiger partial charge in [-0.05, 0) is 39.7 Å². The molecule has 0 bridgehead atoms. The van der Waals surface area contributed by atoms with Crippen LogP contribution >= 0.6 is 0 Å². The van der Waals surface area contributed by atoms with Gasteiger partial charge in [0.1, 0.15) is 0 Å². The van der Waals surface area contributed by atoms with E-state index in [1.165, 1.54) is 0 Å². The summed E-state index contributed by atoms with van der Waals surface area (Å²) in [7, 11) is 2.19. The van der Waals surface area contributed by atoms with Gasteiger partial charge in [-0.2, -0.15) is 0 Å². The van der Waals surface area contributed by atoms with E-state index in [0.717, 1.165) is 26.1 Å². The molecule has 2 aliphatic rings. The molecule has 2 fully saturated rings. The number of nitrogens with zero attached hydrogens (tertiary/aromatic N) is 1. The van der Waals surface area contributed by atoms with E-state index < -0.39 is 0 Å². The van der Waals surface area contributed by atoms with Crippen LogP contribution in [0.2, 0.25) is 0 Å². The molecule has 4 atom stereocenters. The van der Waals surface area contributed by atoms with Crippen LogP contribution in [-0.4, -0.2) is 49.4 Å². The molecule has 0 aromatic heterocycles. The number of hydrogen-bond acceptors (Lipinski definition) is 4. The first-order valence-electron chi connectivity index (χ1n) is 7.69. The molecule has 2 N–H and O–H groups in total. The Balaban J connectivity index is 2.33. The number of hydrogen-bond donors (Lipinski definition) is 2. The largest absolute Gasteiger partial charge is 0.378 e. The Morgan fingerprint density at radius 3 is 2.68 bits per heavy atom. The van der Waals surface area contributed by atoms with Crippen molar-refractivity contribution >= 4 is 0 Å². The molecule has 4 nitrogen and oxygen atoms in total. The molecule has 2 aliphatic heterocycles. The minimum atomic E-state index is 0.133. The predicted octanol–water partition coefficient (Wildman–Crippen LogP) is 1.62. The molecule has 2 heterocycles. The van der Waals surface area contributed by atoms with Gasteiger partial charge in [0.25, 0.3) is 0 Å². The molecular weight excluding hydrogens is 238 g/mol. The highest BCUT2D eigenvalue weighted by Crippen LogP contribution is 2.49. The fourth-order valence-electron chi connectivity index (χ4n) is 3.96. The first-order chi connectivity index (χ1) is 8.87. The average molecular weight is 269 g/mol. The summed E-state index contributed by atoms with van der Waals surface area (Å²) in [5.74, 6) is 0.625. The van der Waals surface area contributed by atoms with Crippen molar-refractivity contribution in [1.82, 2.24) is 15.8 Å². The van der Waals surface area contributed by atoms with Crippen LogP contribution in [0, 0.1) is 11.3 Å². The van der Waals surface area contributed by atoms with E-state index in [9.17, 15) is 0 Å².